The molecule has 3 nitrogen and oxygen atoms in total. The molecule has 0 aliphatic heterocycles. The molecule has 0 heterocycles. The largest absolute Gasteiger partial charge is 0.493 e. The third-order valence-corrected chi connectivity index (χ3v) is 4.12. The average Bonchev–Trinajstić information content (AvgIpc) is 2.69. The number of ether oxygens (including phenoxy) is 2. The summed E-state index contributed by atoms with van der Waals surface area (Å²) in [6.07, 6.45) is 0.899. The summed E-state index contributed by atoms with van der Waals surface area (Å²) < 4.78 is 11.7. The van der Waals surface area contributed by atoms with Crippen molar-refractivity contribution in [1.82, 2.24) is 0 Å². The van der Waals surface area contributed by atoms with Crippen LogP contribution in [0.3, 0.4) is 0 Å². The Labute approximate surface area is 155 Å². The van der Waals surface area contributed by atoms with E-state index in [2.05, 4.69) is 35.6 Å². The van der Waals surface area contributed by atoms with Crippen molar-refractivity contribution in [3.63, 3.8) is 0 Å². The molecule has 26 heavy (non-hydrogen) atoms. The molecule has 0 fully saturated rings. The topological polar surface area (TPSA) is 30.5 Å². The molecular formula is C23H25NO2. The van der Waals surface area contributed by atoms with Gasteiger partial charge in [-0.2, -0.15) is 0 Å². The number of hydrogen-bond acceptors (Lipinski definition) is 3. The first-order valence-electron chi connectivity index (χ1n) is 9.07. The van der Waals surface area contributed by atoms with Crippen LogP contribution in [0, 0.1) is 0 Å². The summed E-state index contributed by atoms with van der Waals surface area (Å²) in [5.74, 6) is 1.79. The maximum Gasteiger partial charge on any atom is 0.142 e. The summed E-state index contributed by atoms with van der Waals surface area (Å²) in [4.78, 5) is 0. The van der Waals surface area contributed by atoms with Gasteiger partial charge < -0.3 is 14.8 Å². The van der Waals surface area contributed by atoms with Crippen molar-refractivity contribution in [1.29, 1.82) is 0 Å². The first kappa shape index (κ1) is 17.9. The van der Waals surface area contributed by atoms with Crippen LogP contribution in [0.1, 0.15) is 18.1 Å². The number of hydrogen-bond donors (Lipinski definition) is 1. The Balaban J connectivity index is 1.60. The highest BCUT2D eigenvalue weighted by Gasteiger charge is 2.06. The van der Waals surface area contributed by atoms with Crippen molar-refractivity contribution in [2.45, 2.75) is 19.9 Å². The Bertz CT molecular complexity index is 802. The molecule has 0 aliphatic carbocycles. The second-order valence-electron chi connectivity index (χ2n) is 5.97. The van der Waals surface area contributed by atoms with Crippen molar-refractivity contribution in [2.24, 2.45) is 0 Å². The Morgan fingerprint density at radius 2 is 1.42 bits per heavy atom. The van der Waals surface area contributed by atoms with Gasteiger partial charge in [0.05, 0.1) is 18.9 Å². The summed E-state index contributed by atoms with van der Waals surface area (Å²) in [5.41, 5.74) is 3.41. The van der Waals surface area contributed by atoms with Gasteiger partial charge in [0.1, 0.15) is 11.5 Å². The van der Waals surface area contributed by atoms with Crippen LogP contribution in [-0.4, -0.2) is 13.2 Å². The van der Waals surface area contributed by atoms with E-state index >= 15 is 0 Å². The fraction of sp³-hybridized carbons (Fsp3) is 0.217. The van der Waals surface area contributed by atoms with Crippen LogP contribution in [0.25, 0.3) is 0 Å². The van der Waals surface area contributed by atoms with E-state index in [4.69, 9.17) is 9.47 Å². The van der Waals surface area contributed by atoms with E-state index in [0.29, 0.717) is 19.8 Å². The number of anilines is 1. The quantitative estimate of drug-likeness (QED) is 0.568. The van der Waals surface area contributed by atoms with Crippen molar-refractivity contribution in [3.8, 4) is 11.5 Å². The molecule has 3 aromatic carbocycles. The van der Waals surface area contributed by atoms with E-state index in [1.165, 1.54) is 5.56 Å². The van der Waals surface area contributed by atoms with E-state index in [1.54, 1.807) is 0 Å². The molecular weight excluding hydrogens is 322 g/mol. The number of benzene rings is 3. The summed E-state index contributed by atoms with van der Waals surface area (Å²) >= 11 is 0. The lowest BCUT2D eigenvalue weighted by Gasteiger charge is -2.15. The van der Waals surface area contributed by atoms with Gasteiger partial charge in [0.25, 0.3) is 0 Å². The van der Waals surface area contributed by atoms with Crippen molar-refractivity contribution in [3.05, 3.63) is 90.0 Å². The Hall–Kier alpha value is -2.94. The van der Waals surface area contributed by atoms with E-state index in [-0.39, 0.29) is 0 Å². The van der Waals surface area contributed by atoms with E-state index in [0.717, 1.165) is 29.2 Å². The molecule has 0 unspecified atom stereocenters. The monoisotopic (exact) mass is 347 g/mol. The maximum atomic E-state index is 6.04. The van der Waals surface area contributed by atoms with Gasteiger partial charge in [-0.25, -0.2) is 0 Å². The molecule has 0 atom stereocenters. The highest BCUT2D eigenvalue weighted by molar-refractivity contribution is 5.56. The number of para-hydroxylation sites is 3. The standard InChI is InChI=1S/C23H25NO2/c1-2-25-23-15-9-7-13-21(23)24-18-20-12-6-8-14-22(20)26-17-16-19-10-4-3-5-11-19/h3-15,24H,2,16-18H2,1H3. The van der Waals surface area contributed by atoms with Crippen LogP contribution in [0.15, 0.2) is 78.9 Å². The van der Waals surface area contributed by atoms with Gasteiger partial charge in [0.15, 0.2) is 0 Å². The molecule has 0 saturated carbocycles. The SMILES string of the molecule is CCOc1ccccc1NCc1ccccc1OCCc1ccccc1. The van der Waals surface area contributed by atoms with Gasteiger partial charge in [-0.15, -0.1) is 0 Å². The average molecular weight is 347 g/mol. The maximum absolute atomic E-state index is 6.04. The summed E-state index contributed by atoms with van der Waals surface area (Å²) in [7, 11) is 0. The minimum Gasteiger partial charge on any atom is -0.493 e. The van der Waals surface area contributed by atoms with Gasteiger partial charge in [0.2, 0.25) is 0 Å². The third-order valence-electron chi connectivity index (χ3n) is 4.12. The van der Waals surface area contributed by atoms with Crippen LogP contribution >= 0.6 is 0 Å². The van der Waals surface area contributed by atoms with Gasteiger partial charge >= 0.3 is 0 Å². The Morgan fingerprint density at radius 1 is 0.731 bits per heavy atom. The lowest BCUT2D eigenvalue weighted by molar-refractivity contribution is 0.319. The molecule has 0 radical (unpaired) electrons. The van der Waals surface area contributed by atoms with Crippen LogP contribution in [-0.2, 0) is 13.0 Å². The lowest BCUT2D eigenvalue weighted by atomic mass is 10.1. The van der Waals surface area contributed by atoms with Gasteiger partial charge in [-0.1, -0.05) is 60.7 Å². The van der Waals surface area contributed by atoms with E-state index in [1.807, 2.05) is 55.5 Å². The third kappa shape index (κ3) is 5.03. The van der Waals surface area contributed by atoms with Gasteiger partial charge in [-0.05, 0) is 30.7 Å². The van der Waals surface area contributed by atoms with Crippen LogP contribution < -0.4 is 14.8 Å². The zero-order valence-corrected chi connectivity index (χ0v) is 15.2. The molecule has 0 aromatic heterocycles. The zero-order chi connectivity index (χ0) is 18.0. The molecule has 0 aliphatic rings. The minimum atomic E-state index is 0.651. The normalized spacial score (nSPS) is 10.3. The number of nitrogens with one attached hydrogen (secondary N) is 1. The van der Waals surface area contributed by atoms with Crippen LogP contribution in [0.4, 0.5) is 5.69 Å². The minimum absolute atomic E-state index is 0.651. The molecule has 0 bridgehead atoms. The fourth-order valence-corrected chi connectivity index (χ4v) is 2.80. The zero-order valence-electron chi connectivity index (χ0n) is 15.2. The molecule has 0 amide bonds. The summed E-state index contributed by atoms with van der Waals surface area (Å²) in [6.45, 7) is 3.99. The molecule has 3 rings (SSSR count). The molecule has 134 valence electrons. The number of rotatable bonds is 9. The summed E-state index contributed by atoms with van der Waals surface area (Å²) in [6, 6.07) is 26.6. The molecule has 0 saturated heterocycles. The second-order valence-corrected chi connectivity index (χ2v) is 5.97. The van der Waals surface area contributed by atoms with Crippen LogP contribution in [0.2, 0.25) is 0 Å². The predicted octanol–water partition coefficient (Wildman–Crippen LogP) is 5.32. The highest BCUT2D eigenvalue weighted by Crippen LogP contribution is 2.26. The Morgan fingerprint density at radius 3 is 2.23 bits per heavy atom. The van der Waals surface area contributed by atoms with Crippen LogP contribution in [0.5, 0.6) is 11.5 Å². The lowest BCUT2D eigenvalue weighted by Crippen LogP contribution is -2.07. The molecule has 0 spiro atoms. The summed E-state index contributed by atoms with van der Waals surface area (Å²) in [5, 5.41) is 3.46. The highest BCUT2D eigenvalue weighted by atomic mass is 16.5. The fourth-order valence-electron chi connectivity index (χ4n) is 2.80. The smallest absolute Gasteiger partial charge is 0.142 e. The van der Waals surface area contributed by atoms with Crippen molar-refractivity contribution >= 4 is 5.69 Å². The van der Waals surface area contributed by atoms with E-state index in [9.17, 15) is 0 Å². The van der Waals surface area contributed by atoms with Crippen molar-refractivity contribution < 1.29 is 9.47 Å². The molecule has 1 N–H and O–H groups in total. The predicted molar refractivity (Wildman–Crippen MR) is 107 cm³/mol. The van der Waals surface area contributed by atoms with Crippen molar-refractivity contribution in [2.75, 3.05) is 18.5 Å². The first-order chi connectivity index (χ1) is 12.9. The molecule has 3 heteroatoms. The molecule has 3 aromatic rings. The van der Waals surface area contributed by atoms with E-state index < -0.39 is 0 Å². The first-order valence-corrected chi connectivity index (χ1v) is 9.07. The second kappa shape index (κ2) is 9.52. The Kier molecular flexibility index (Phi) is 6.54. The van der Waals surface area contributed by atoms with Gasteiger partial charge in [0, 0.05) is 18.5 Å². The van der Waals surface area contributed by atoms with Gasteiger partial charge in [-0.3, -0.25) is 0 Å².